The molecule has 6 nitrogen and oxygen atoms in total. The summed E-state index contributed by atoms with van der Waals surface area (Å²) in [5.41, 5.74) is 0.135. The van der Waals surface area contributed by atoms with Crippen LogP contribution >= 0.6 is 0 Å². The highest BCUT2D eigenvalue weighted by atomic mass is 32.2. The minimum absolute atomic E-state index is 0.0338. The van der Waals surface area contributed by atoms with Gasteiger partial charge in [-0.2, -0.15) is 0 Å². The van der Waals surface area contributed by atoms with Crippen molar-refractivity contribution in [3.63, 3.8) is 0 Å². The fourth-order valence-corrected chi connectivity index (χ4v) is 3.22. The number of ether oxygens (including phenoxy) is 1. The molecule has 23 heavy (non-hydrogen) atoms. The van der Waals surface area contributed by atoms with Crippen molar-refractivity contribution in [2.24, 2.45) is 0 Å². The molecule has 0 aliphatic rings. The summed E-state index contributed by atoms with van der Waals surface area (Å²) in [6, 6.07) is 6.09. The first kappa shape index (κ1) is 19.2. The van der Waals surface area contributed by atoms with Crippen molar-refractivity contribution < 1.29 is 22.7 Å². The summed E-state index contributed by atoms with van der Waals surface area (Å²) in [4.78, 5) is 23.9. The SMILES string of the molecule is CCC(=O)N(CC(=O)OC(C)(C)C)S(=O)(=O)c1ccc(C)cc1. The highest BCUT2D eigenvalue weighted by Gasteiger charge is 2.31. The molecule has 1 amide bonds. The molecule has 1 rings (SSSR count). The molecule has 0 aromatic heterocycles. The average Bonchev–Trinajstić information content (AvgIpc) is 2.42. The molecule has 0 N–H and O–H groups in total. The Morgan fingerprint density at radius 3 is 2.09 bits per heavy atom. The highest BCUT2D eigenvalue weighted by molar-refractivity contribution is 7.89. The lowest BCUT2D eigenvalue weighted by Crippen LogP contribution is -2.42. The standard InChI is InChI=1S/C16H23NO5S/c1-6-14(18)17(11-15(19)22-16(3,4)5)23(20,21)13-9-7-12(2)8-10-13/h7-10H,6,11H2,1-5H3. The Hall–Kier alpha value is -1.89. The number of aryl methyl sites for hydroxylation is 1. The van der Waals surface area contributed by atoms with E-state index in [9.17, 15) is 18.0 Å². The number of amides is 1. The van der Waals surface area contributed by atoms with Crippen LogP contribution in [0.15, 0.2) is 29.2 Å². The van der Waals surface area contributed by atoms with E-state index >= 15 is 0 Å². The van der Waals surface area contributed by atoms with Crippen LogP contribution in [0.5, 0.6) is 0 Å². The molecular formula is C16H23NO5S. The number of sulfonamides is 1. The Morgan fingerprint density at radius 1 is 1.13 bits per heavy atom. The van der Waals surface area contributed by atoms with E-state index < -0.39 is 34.0 Å². The maximum absolute atomic E-state index is 12.6. The van der Waals surface area contributed by atoms with Gasteiger partial charge >= 0.3 is 5.97 Å². The van der Waals surface area contributed by atoms with Gasteiger partial charge in [-0.15, -0.1) is 0 Å². The summed E-state index contributed by atoms with van der Waals surface area (Å²) in [7, 11) is -4.10. The van der Waals surface area contributed by atoms with Crippen molar-refractivity contribution in [3.05, 3.63) is 29.8 Å². The van der Waals surface area contributed by atoms with Gasteiger partial charge in [0.2, 0.25) is 5.91 Å². The van der Waals surface area contributed by atoms with Crippen LogP contribution in [0.3, 0.4) is 0 Å². The van der Waals surface area contributed by atoms with Crippen molar-refractivity contribution in [2.45, 2.75) is 51.5 Å². The van der Waals surface area contributed by atoms with Gasteiger partial charge in [-0.25, -0.2) is 12.7 Å². The minimum Gasteiger partial charge on any atom is -0.459 e. The maximum Gasteiger partial charge on any atom is 0.327 e. The van der Waals surface area contributed by atoms with Gasteiger partial charge in [0.1, 0.15) is 12.1 Å². The van der Waals surface area contributed by atoms with Crippen molar-refractivity contribution in [1.82, 2.24) is 4.31 Å². The minimum atomic E-state index is -4.10. The zero-order chi connectivity index (χ0) is 17.8. The van der Waals surface area contributed by atoms with Crippen LogP contribution in [0, 0.1) is 6.92 Å². The molecule has 0 saturated heterocycles. The molecule has 0 aliphatic heterocycles. The Labute approximate surface area is 137 Å². The third-order valence-electron chi connectivity index (χ3n) is 2.88. The first-order valence-corrected chi connectivity index (χ1v) is 8.75. The number of carbonyl (C=O) groups is 2. The summed E-state index contributed by atoms with van der Waals surface area (Å²) in [6.45, 7) is 7.74. The second-order valence-electron chi connectivity index (χ2n) is 6.16. The molecule has 1 aromatic rings. The molecule has 0 atom stereocenters. The number of rotatable bonds is 5. The zero-order valence-corrected chi connectivity index (χ0v) is 14.9. The molecule has 0 aliphatic carbocycles. The summed E-state index contributed by atoms with van der Waals surface area (Å²) >= 11 is 0. The van der Waals surface area contributed by atoms with Crippen molar-refractivity contribution >= 4 is 21.9 Å². The second-order valence-corrected chi connectivity index (χ2v) is 8.02. The Bertz CT molecular complexity index is 671. The predicted octanol–water partition coefficient (Wildman–Crippen LogP) is 2.26. The van der Waals surface area contributed by atoms with Crippen LogP contribution in [0.25, 0.3) is 0 Å². The lowest BCUT2D eigenvalue weighted by molar-refractivity contribution is -0.156. The van der Waals surface area contributed by atoms with Crippen LogP contribution in [-0.2, 0) is 24.3 Å². The average molecular weight is 341 g/mol. The largest absolute Gasteiger partial charge is 0.459 e. The van der Waals surface area contributed by atoms with E-state index in [1.807, 2.05) is 6.92 Å². The molecule has 0 saturated carbocycles. The molecule has 128 valence electrons. The monoisotopic (exact) mass is 341 g/mol. The molecule has 0 spiro atoms. The van der Waals surface area contributed by atoms with E-state index in [4.69, 9.17) is 4.74 Å². The van der Waals surface area contributed by atoms with Crippen LogP contribution < -0.4 is 0 Å². The summed E-state index contributed by atoms with van der Waals surface area (Å²) in [5.74, 6) is -1.42. The normalized spacial score (nSPS) is 11.9. The van der Waals surface area contributed by atoms with E-state index in [1.54, 1.807) is 32.9 Å². The van der Waals surface area contributed by atoms with Gasteiger partial charge in [0.05, 0.1) is 4.90 Å². The lowest BCUT2D eigenvalue weighted by atomic mass is 10.2. The van der Waals surface area contributed by atoms with E-state index in [0.717, 1.165) is 5.56 Å². The number of nitrogens with zero attached hydrogens (tertiary/aromatic N) is 1. The zero-order valence-electron chi connectivity index (χ0n) is 14.1. The third-order valence-corrected chi connectivity index (χ3v) is 4.66. The molecule has 0 radical (unpaired) electrons. The third kappa shape index (κ3) is 5.35. The maximum atomic E-state index is 12.6. The molecule has 1 aromatic carbocycles. The van der Waals surface area contributed by atoms with Crippen LogP contribution in [-0.4, -0.2) is 36.7 Å². The van der Waals surface area contributed by atoms with Gasteiger partial charge in [0.25, 0.3) is 10.0 Å². The quantitative estimate of drug-likeness (QED) is 0.768. The van der Waals surface area contributed by atoms with Crippen LogP contribution in [0.2, 0.25) is 0 Å². The van der Waals surface area contributed by atoms with Crippen LogP contribution in [0.1, 0.15) is 39.7 Å². The number of benzene rings is 1. The highest BCUT2D eigenvalue weighted by Crippen LogP contribution is 2.18. The lowest BCUT2D eigenvalue weighted by Gasteiger charge is -2.24. The van der Waals surface area contributed by atoms with Crippen molar-refractivity contribution in [2.75, 3.05) is 6.54 Å². The summed E-state index contributed by atoms with van der Waals surface area (Å²) in [5, 5.41) is 0. The second kappa shape index (κ2) is 7.12. The smallest absolute Gasteiger partial charge is 0.327 e. The van der Waals surface area contributed by atoms with Gasteiger partial charge in [0, 0.05) is 6.42 Å². The molecular weight excluding hydrogens is 318 g/mol. The Balaban J connectivity index is 3.13. The first-order chi connectivity index (χ1) is 10.5. The predicted molar refractivity (Wildman–Crippen MR) is 86.2 cm³/mol. The van der Waals surface area contributed by atoms with Gasteiger partial charge in [0.15, 0.2) is 0 Å². The molecule has 0 fully saturated rings. The van der Waals surface area contributed by atoms with Crippen molar-refractivity contribution in [3.8, 4) is 0 Å². The molecule has 0 bridgehead atoms. The van der Waals surface area contributed by atoms with E-state index in [0.29, 0.717) is 4.31 Å². The first-order valence-electron chi connectivity index (χ1n) is 7.31. The Kier molecular flexibility index (Phi) is 5.93. The number of esters is 1. The van der Waals surface area contributed by atoms with Crippen molar-refractivity contribution in [1.29, 1.82) is 0 Å². The van der Waals surface area contributed by atoms with Gasteiger partial charge in [-0.1, -0.05) is 24.6 Å². The molecule has 7 heteroatoms. The van der Waals surface area contributed by atoms with E-state index in [2.05, 4.69) is 0 Å². The van der Waals surface area contributed by atoms with E-state index in [1.165, 1.54) is 19.1 Å². The Morgan fingerprint density at radius 2 is 1.65 bits per heavy atom. The summed E-state index contributed by atoms with van der Waals surface area (Å²) < 4.78 is 31.0. The molecule has 0 heterocycles. The number of hydrogen-bond donors (Lipinski definition) is 0. The van der Waals surface area contributed by atoms with E-state index in [-0.39, 0.29) is 11.3 Å². The van der Waals surface area contributed by atoms with Gasteiger partial charge in [-0.05, 0) is 39.8 Å². The molecule has 0 unspecified atom stereocenters. The summed E-state index contributed by atoms with van der Waals surface area (Å²) in [6.07, 6.45) is -0.0338. The van der Waals surface area contributed by atoms with Crippen LogP contribution in [0.4, 0.5) is 0 Å². The van der Waals surface area contributed by atoms with Gasteiger partial charge in [-0.3, -0.25) is 9.59 Å². The topological polar surface area (TPSA) is 80.8 Å². The fourth-order valence-electron chi connectivity index (χ4n) is 1.81. The van der Waals surface area contributed by atoms with Gasteiger partial charge < -0.3 is 4.74 Å². The number of carbonyl (C=O) groups excluding carboxylic acids is 2. The number of hydrogen-bond acceptors (Lipinski definition) is 5. The fraction of sp³-hybridized carbons (Fsp3) is 0.500.